The van der Waals surface area contributed by atoms with Crippen molar-refractivity contribution < 1.29 is 43.5 Å². The molecular weight excluding hydrogens is 420 g/mol. The van der Waals surface area contributed by atoms with Gasteiger partial charge in [-0.1, -0.05) is 37.4 Å². The van der Waals surface area contributed by atoms with Crippen LogP contribution in [0.4, 0.5) is 0 Å². The molecule has 0 fully saturated rings. The Hall–Kier alpha value is -3.56. The lowest BCUT2D eigenvalue weighted by Crippen LogP contribution is -2.28. The SMILES string of the molecule is C=CC(=O)OCC(O)COc1c(OC)cc(OCC(CO)OC(=O)C=C)c2ccccc12. The van der Waals surface area contributed by atoms with Crippen LogP contribution in [0, 0.1) is 0 Å². The highest BCUT2D eigenvalue weighted by atomic mass is 16.6. The van der Waals surface area contributed by atoms with E-state index in [9.17, 15) is 19.8 Å². The van der Waals surface area contributed by atoms with E-state index in [1.54, 1.807) is 30.3 Å². The van der Waals surface area contributed by atoms with Gasteiger partial charge in [0.05, 0.1) is 13.7 Å². The molecule has 2 aromatic rings. The van der Waals surface area contributed by atoms with Crippen molar-refractivity contribution in [3.8, 4) is 17.2 Å². The van der Waals surface area contributed by atoms with E-state index in [2.05, 4.69) is 13.2 Å². The number of carbonyl (C=O) groups excluding carboxylic acids is 2. The Morgan fingerprint density at radius 3 is 2.31 bits per heavy atom. The van der Waals surface area contributed by atoms with Crippen molar-refractivity contribution in [2.45, 2.75) is 12.2 Å². The molecule has 172 valence electrons. The van der Waals surface area contributed by atoms with Crippen LogP contribution in [0.1, 0.15) is 0 Å². The zero-order chi connectivity index (χ0) is 23.5. The molecule has 0 saturated heterocycles. The molecule has 2 N–H and O–H groups in total. The largest absolute Gasteiger partial charge is 0.493 e. The van der Waals surface area contributed by atoms with Crippen molar-refractivity contribution in [2.24, 2.45) is 0 Å². The summed E-state index contributed by atoms with van der Waals surface area (Å²) in [6, 6.07) is 8.76. The molecule has 9 nitrogen and oxygen atoms in total. The Morgan fingerprint density at radius 2 is 1.69 bits per heavy atom. The minimum atomic E-state index is -1.07. The summed E-state index contributed by atoms with van der Waals surface area (Å²) in [5, 5.41) is 20.8. The minimum absolute atomic E-state index is 0.100. The number of benzene rings is 2. The summed E-state index contributed by atoms with van der Waals surface area (Å²) in [4.78, 5) is 22.5. The number of rotatable bonds is 13. The summed E-state index contributed by atoms with van der Waals surface area (Å²) >= 11 is 0. The topological polar surface area (TPSA) is 121 Å². The molecule has 0 spiro atoms. The second kappa shape index (κ2) is 12.3. The normalized spacial score (nSPS) is 12.3. The molecule has 0 saturated carbocycles. The van der Waals surface area contributed by atoms with E-state index < -0.39 is 30.8 Å². The fourth-order valence-electron chi connectivity index (χ4n) is 2.69. The van der Waals surface area contributed by atoms with Gasteiger partial charge in [-0.2, -0.15) is 0 Å². The predicted octanol–water partition coefficient (Wildman–Crippen LogP) is 1.79. The van der Waals surface area contributed by atoms with Gasteiger partial charge in [-0.3, -0.25) is 0 Å². The predicted molar refractivity (Wildman–Crippen MR) is 116 cm³/mol. The van der Waals surface area contributed by atoms with Crippen LogP contribution in [0.25, 0.3) is 10.8 Å². The fourth-order valence-corrected chi connectivity index (χ4v) is 2.69. The van der Waals surface area contributed by atoms with Gasteiger partial charge in [0.1, 0.15) is 31.7 Å². The molecule has 0 aromatic heterocycles. The first kappa shape index (κ1) is 24.7. The van der Waals surface area contributed by atoms with Crippen LogP contribution in [-0.2, 0) is 19.1 Å². The van der Waals surface area contributed by atoms with Gasteiger partial charge >= 0.3 is 11.9 Å². The molecule has 2 rings (SSSR count). The van der Waals surface area contributed by atoms with Crippen LogP contribution in [-0.4, -0.2) is 67.9 Å². The lowest BCUT2D eigenvalue weighted by atomic mass is 10.1. The molecule has 2 aromatic carbocycles. The Balaban J connectivity index is 2.22. The van der Waals surface area contributed by atoms with E-state index in [1.165, 1.54) is 7.11 Å². The zero-order valence-corrected chi connectivity index (χ0v) is 17.7. The van der Waals surface area contributed by atoms with Crippen LogP contribution >= 0.6 is 0 Å². The van der Waals surface area contributed by atoms with Crippen LogP contribution in [0.15, 0.2) is 55.6 Å². The Kier molecular flexibility index (Phi) is 9.52. The van der Waals surface area contributed by atoms with E-state index in [1.807, 2.05) is 0 Å². The molecular formula is C23H26O9. The third-order valence-corrected chi connectivity index (χ3v) is 4.23. The van der Waals surface area contributed by atoms with Gasteiger partial charge < -0.3 is 33.9 Å². The highest BCUT2D eigenvalue weighted by molar-refractivity contribution is 5.95. The number of aliphatic hydroxyl groups is 2. The lowest BCUT2D eigenvalue weighted by Gasteiger charge is -2.20. The van der Waals surface area contributed by atoms with Gasteiger partial charge in [0, 0.05) is 29.0 Å². The van der Waals surface area contributed by atoms with Crippen LogP contribution < -0.4 is 14.2 Å². The monoisotopic (exact) mass is 446 g/mol. The Morgan fingerprint density at radius 1 is 1.00 bits per heavy atom. The minimum Gasteiger partial charge on any atom is -0.493 e. The molecule has 0 amide bonds. The number of aliphatic hydroxyl groups excluding tert-OH is 2. The second-order valence-electron chi connectivity index (χ2n) is 6.51. The highest BCUT2D eigenvalue weighted by Crippen LogP contribution is 2.41. The molecule has 2 atom stereocenters. The number of hydrogen-bond donors (Lipinski definition) is 2. The number of methoxy groups -OCH3 is 1. The number of fused-ring (bicyclic) bond motifs is 1. The first-order chi connectivity index (χ1) is 15.4. The molecule has 0 aliphatic carbocycles. The third-order valence-electron chi connectivity index (χ3n) is 4.23. The number of carbonyl (C=O) groups is 2. The van der Waals surface area contributed by atoms with Gasteiger partial charge in [-0.25, -0.2) is 9.59 Å². The first-order valence-electron chi connectivity index (χ1n) is 9.69. The summed E-state index contributed by atoms with van der Waals surface area (Å²) in [5.74, 6) is -0.206. The summed E-state index contributed by atoms with van der Waals surface area (Å²) in [6.45, 7) is 5.67. The van der Waals surface area contributed by atoms with Crippen molar-refractivity contribution in [3.05, 3.63) is 55.6 Å². The van der Waals surface area contributed by atoms with E-state index >= 15 is 0 Å². The zero-order valence-electron chi connectivity index (χ0n) is 17.7. The average molecular weight is 446 g/mol. The summed E-state index contributed by atoms with van der Waals surface area (Å²) < 4.78 is 26.8. The van der Waals surface area contributed by atoms with E-state index in [0.717, 1.165) is 12.2 Å². The number of ether oxygens (including phenoxy) is 5. The Bertz CT molecular complexity index is 954. The van der Waals surface area contributed by atoms with Gasteiger partial charge in [0.25, 0.3) is 0 Å². The maximum atomic E-state index is 11.4. The van der Waals surface area contributed by atoms with E-state index in [-0.39, 0.29) is 19.8 Å². The maximum Gasteiger partial charge on any atom is 0.330 e. The van der Waals surface area contributed by atoms with E-state index in [4.69, 9.17) is 23.7 Å². The summed E-state index contributed by atoms with van der Waals surface area (Å²) in [7, 11) is 1.45. The standard InChI is InChI=1S/C23H26O9/c1-4-21(26)30-12-15(25)13-31-23-18-9-7-6-8-17(18)19(10-20(23)28-3)29-14-16(11-24)32-22(27)5-2/h4-10,15-16,24-25H,1-2,11-14H2,3H3. The lowest BCUT2D eigenvalue weighted by molar-refractivity contribution is -0.146. The third kappa shape index (κ3) is 6.73. The van der Waals surface area contributed by atoms with Gasteiger partial charge in [0.15, 0.2) is 17.6 Å². The molecule has 0 aliphatic rings. The van der Waals surface area contributed by atoms with Crippen molar-refractivity contribution >= 4 is 22.7 Å². The van der Waals surface area contributed by atoms with Gasteiger partial charge in [0.2, 0.25) is 0 Å². The molecule has 9 heteroatoms. The van der Waals surface area contributed by atoms with Gasteiger partial charge in [-0.15, -0.1) is 0 Å². The van der Waals surface area contributed by atoms with Crippen molar-refractivity contribution in [3.63, 3.8) is 0 Å². The maximum absolute atomic E-state index is 11.4. The smallest absolute Gasteiger partial charge is 0.330 e. The quantitative estimate of drug-likeness (QED) is 0.350. The van der Waals surface area contributed by atoms with Crippen molar-refractivity contribution in [1.82, 2.24) is 0 Å². The Labute approximate surface area is 185 Å². The molecule has 0 bridgehead atoms. The number of esters is 2. The molecule has 0 heterocycles. The van der Waals surface area contributed by atoms with Crippen LogP contribution in [0.3, 0.4) is 0 Å². The molecule has 2 unspecified atom stereocenters. The summed E-state index contributed by atoms with van der Waals surface area (Å²) in [6.07, 6.45) is 0.0560. The summed E-state index contributed by atoms with van der Waals surface area (Å²) in [5.41, 5.74) is 0. The van der Waals surface area contributed by atoms with Gasteiger partial charge in [-0.05, 0) is 0 Å². The first-order valence-corrected chi connectivity index (χ1v) is 9.69. The van der Waals surface area contributed by atoms with Crippen molar-refractivity contribution in [1.29, 1.82) is 0 Å². The van der Waals surface area contributed by atoms with Crippen LogP contribution in [0.2, 0.25) is 0 Å². The fraction of sp³-hybridized carbons (Fsp3) is 0.304. The molecule has 0 aliphatic heterocycles. The van der Waals surface area contributed by atoms with E-state index in [0.29, 0.717) is 28.0 Å². The average Bonchev–Trinajstić information content (AvgIpc) is 2.83. The molecule has 32 heavy (non-hydrogen) atoms. The van der Waals surface area contributed by atoms with Crippen molar-refractivity contribution in [2.75, 3.05) is 33.5 Å². The highest BCUT2D eigenvalue weighted by Gasteiger charge is 2.19. The molecule has 0 radical (unpaired) electrons. The number of hydrogen-bond acceptors (Lipinski definition) is 9. The second-order valence-corrected chi connectivity index (χ2v) is 6.51. The van der Waals surface area contributed by atoms with Crippen LogP contribution in [0.5, 0.6) is 17.2 Å².